The summed E-state index contributed by atoms with van der Waals surface area (Å²) >= 11 is 0. The Labute approximate surface area is 201 Å². The van der Waals surface area contributed by atoms with E-state index in [2.05, 4.69) is 34.0 Å². The van der Waals surface area contributed by atoms with Gasteiger partial charge in [0.25, 0.3) is 0 Å². The normalized spacial score (nSPS) is 22.1. The summed E-state index contributed by atoms with van der Waals surface area (Å²) in [6.45, 7) is 6.32. The molecule has 3 atom stereocenters. The lowest BCUT2D eigenvalue weighted by atomic mass is 9.89. The Balaban J connectivity index is 0.00000181. The summed E-state index contributed by atoms with van der Waals surface area (Å²) in [5, 5.41) is 0. The van der Waals surface area contributed by atoms with Crippen LogP contribution in [0.5, 0.6) is 5.75 Å². The van der Waals surface area contributed by atoms with Crippen LogP contribution in [0.1, 0.15) is 35.0 Å². The number of halogens is 2. The Kier molecular flexibility index (Phi) is 8.74. The molecule has 3 heterocycles. The number of ether oxygens (including phenoxy) is 1. The van der Waals surface area contributed by atoms with Crippen molar-refractivity contribution >= 4 is 30.7 Å². The minimum atomic E-state index is -0.332. The number of rotatable bonds is 5. The molecule has 2 aliphatic rings. The van der Waals surface area contributed by atoms with Crippen molar-refractivity contribution < 1.29 is 9.53 Å². The third kappa shape index (κ3) is 5.11. The second kappa shape index (κ2) is 10.7. The number of H-pyrrole nitrogens is 1. The molecule has 0 radical (unpaired) electrons. The van der Waals surface area contributed by atoms with E-state index in [4.69, 9.17) is 4.74 Å². The van der Waals surface area contributed by atoms with Gasteiger partial charge in [-0.25, -0.2) is 4.79 Å². The molecule has 176 valence electrons. The van der Waals surface area contributed by atoms with Crippen molar-refractivity contribution in [1.82, 2.24) is 19.8 Å². The molecule has 0 unspecified atom stereocenters. The average molecular weight is 483 g/mol. The lowest BCUT2D eigenvalue weighted by Gasteiger charge is -2.27. The zero-order valence-electron chi connectivity index (χ0n) is 19.0. The largest absolute Gasteiger partial charge is 0.497 e. The molecule has 0 aliphatic carbocycles. The Morgan fingerprint density at radius 3 is 2.47 bits per heavy atom. The third-order valence-corrected chi connectivity index (χ3v) is 6.75. The topological polar surface area (TPSA) is 78.5 Å². The molecule has 2 saturated heterocycles. The molecule has 2 aliphatic heterocycles. The van der Waals surface area contributed by atoms with Crippen LogP contribution < -0.4 is 10.4 Å². The van der Waals surface area contributed by atoms with E-state index in [0.29, 0.717) is 36.4 Å². The van der Waals surface area contributed by atoms with Gasteiger partial charge in [-0.15, -0.1) is 24.8 Å². The van der Waals surface area contributed by atoms with Crippen LogP contribution in [0.2, 0.25) is 0 Å². The standard InChI is InChI=1S/C23H30N4O3.2ClH/c1-14-19(15(2)25-23(29)24-14)9-10-21(28)27-12-17-11-26(3)22(20(17)13-27)16-5-7-18(30-4)8-6-16;;/h5-8,17,20,22H,9-13H2,1-4H3,(H,24,25,29);2*1H/t17-,20+,22+;;/m0../s1. The first-order valence-electron chi connectivity index (χ1n) is 10.6. The summed E-state index contributed by atoms with van der Waals surface area (Å²) in [4.78, 5) is 35.6. The minimum absolute atomic E-state index is 0. The van der Waals surface area contributed by atoms with E-state index >= 15 is 0 Å². The van der Waals surface area contributed by atoms with Gasteiger partial charge in [-0.1, -0.05) is 12.1 Å². The van der Waals surface area contributed by atoms with Crippen LogP contribution in [0.3, 0.4) is 0 Å². The van der Waals surface area contributed by atoms with Crippen molar-refractivity contribution in [1.29, 1.82) is 0 Å². The zero-order valence-corrected chi connectivity index (χ0v) is 20.6. The van der Waals surface area contributed by atoms with Gasteiger partial charge in [-0.2, -0.15) is 4.98 Å². The van der Waals surface area contributed by atoms with Crippen LogP contribution in [0.4, 0.5) is 0 Å². The summed E-state index contributed by atoms with van der Waals surface area (Å²) < 4.78 is 5.29. The van der Waals surface area contributed by atoms with Gasteiger partial charge in [0.1, 0.15) is 5.75 Å². The van der Waals surface area contributed by atoms with Crippen molar-refractivity contribution in [3.05, 3.63) is 57.3 Å². The van der Waals surface area contributed by atoms with E-state index in [-0.39, 0.29) is 36.4 Å². The fraction of sp³-hybridized carbons (Fsp3) is 0.522. The molecule has 0 bridgehead atoms. The fourth-order valence-corrected chi connectivity index (χ4v) is 5.28. The van der Waals surface area contributed by atoms with Crippen LogP contribution in [-0.2, 0) is 11.2 Å². The molecule has 7 nitrogen and oxygen atoms in total. The predicted octanol–water partition coefficient (Wildman–Crippen LogP) is 2.93. The van der Waals surface area contributed by atoms with E-state index in [9.17, 15) is 9.59 Å². The number of carbonyl (C=O) groups excluding carboxylic acids is 1. The molecule has 1 N–H and O–H groups in total. The number of aromatic amines is 1. The molecule has 0 saturated carbocycles. The number of methoxy groups -OCH3 is 1. The molecule has 1 aromatic carbocycles. The van der Waals surface area contributed by atoms with Gasteiger partial charge in [-0.05, 0) is 56.5 Å². The molecule has 9 heteroatoms. The first kappa shape index (κ1) is 26.2. The Morgan fingerprint density at radius 1 is 1.16 bits per heavy atom. The van der Waals surface area contributed by atoms with Crippen molar-refractivity contribution in [3.63, 3.8) is 0 Å². The fourth-order valence-electron chi connectivity index (χ4n) is 5.28. The molecule has 1 aromatic heterocycles. The number of aryl methyl sites for hydroxylation is 2. The summed E-state index contributed by atoms with van der Waals surface area (Å²) in [5.74, 6) is 2.00. The number of carbonyl (C=O) groups is 1. The highest BCUT2D eigenvalue weighted by molar-refractivity contribution is 5.85. The van der Waals surface area contributed by atoms with E-state index in [1.54, 1.807) is 7.11 Å². The van der Waals surface area contributed by atoms with Crippen molar-refractivity contribution in [2.45, 2.75) is 32.7 Å². The SMILES string of the molecule is COc1ccc([C@@H]2[C@@H]3CN(C(=O)CCc4c(C)nc(=O)[nH]c4C)C[C@@H]3CN2C)cc1.Cl.Cl. The highest BCUT2D eigenvalue weighted by Gasteiger charge is 2.47. The Hall–Kier alpha value is -2.09. The van der Waals surface area contributed by atoms with Gasteiger partial charge in [0.2, 0.25) is 5.91 Å². The lowest BCUT2D eigenvalue weighted by molar-refractivity contribution is -0.130. The average Bonchev–Trinajstić information content (AvgIpc) is 3.23. The van der Waals surface area contributed by atoms with E-state index < -0.39 is 0 Å². The molecule has 2 aromatic rings. The van der Waals surface area contributed by atoms with E-state index in [0.717, 1.165) is 36.6 Å². The molecular weight excluding hydrogens is 451 g/mol. The van der Waals surface area contributed by atoms with Crippen LogP contribution in [-0.4, -0.2) is 59.5 Å². The van der Waals surface area contributed by atoms with Crippen LogP contribution in [0.15, 0.2) is 29.1 Å². The molecule has 32 heavy (non-hydrogen) atoms. The molecule has 4 rings (SSSR count). The number of fused-ring (bicyclic) bond motifs is 1. The first-order valence-corrected chi connectivity index (χ1v) is 10.6. The number of benzene rings is 1. The maximum absolute atomic E-state index is 13.0. The summed E-state index contributed by atoms with van der Waals surface area (Å²) in [5.41, 5.74) is 3.44. The second-order valence-corrected chi connectivity index (χ2v) is 8.61. The highest BCUT2D eigenvalue weighted by Crippen LogP contribution is 2.44. The van der Waals surface area contributed by atoms with Gasteiger partial charge < -0.3 is 14.6 Å². The first-order chi connectivity index (χ1) is 14.4. The monoisotopic (exact) mass is 482 g/mol. The summed E-state index contributed by atoms with van der Waals surface area (Å²) in [6.07, 6.45) is 1.05. The van der Waals surface area contributed by atoms with Gasteiger partial charge in [0.05, 0.1) is 7.11 Å². The number of hydrogen-bond acceptors (Lipinski definition) is 5. The van der Waals surface area contributed by atoms with Gasteiger partial charge in [0, 0.05) is 49.4 Å². The number of nitrogens with zero attached hydrogens (tertiary/aromatic N) is 3. The maximum atomic E-state index is 13.0. The summed E-state index contributed by atoms with van der Waals surface area (Å²) in [7, 11) is 3.85. The maximum Gasteiger partial charge on any atom is 0.345 e. The number of likely N-dealkylation sites (tertiary alicyclic amines) is 2. The number of nitrogens with one attached hydrogen (secondary N) is 1. The zero-order chi connectivity index (χ0) is 21.4. The van der Waals surface area contributed by atoms with Crippen LogP contribution in [0, 0.1) is 25.7 Å². The van der Waals surface area contributed by atoms with Crippen LogP contribution >= 0.6 is 24.8 Å². The quantitative estimate of drug-likeness (QED) is 0.708. The van der Waals surface area contributed by atoms with Crippen molar-refractivity contribution in [2.75, 3.05) is 33.8 Å². The Bertz CT molecular complexity index is 969. The predicted molar refractivity (Wildman–Crippen MR) is 129 cm³/mol. The number of aromatic nitrogens is 2. The smallest absolute Gasteiger partial charge is 0.345 e. The van der Waals surface area contributed by atoms with E-state index in [1.807, 2.05) is 30.9 Å². The second-order valence-electron chi connectivity index (χ2n) is 8.61. The van der Waals surface area contributed by atoms with Crippen LogP contribution in [0.25, 0.3) is 0 Å². The van der Waals surface area contributed by atoms with Crippen molar-refractivity contribution in [2.24, 2.45) is 11.8 Å². The number of hydrogen-bond donors (Lipinski definition) is 1. The Morgan fingerprint density at radius 2 is 1.84 bits per heavy atom. The van der Waals surface area contributed by atoms with E-state index in [1.165, 1.54) is 5.56 Å². The summed E-state index contributed by atoms with van der Waals surface area (Å²) in [6, 6.07) is 8.63. The van der Waals surface area contributed by atoms with Gasteiger partial charge >= 0.3 is 5.69 Å². The molecule has 0 spiro atoms. The van der Waals surface area contributed by atoms with Gasteiger partial charge in [-0.3, -0.25) is 9.69 Å². The number of amides is 1. The van der Waals surface area contributed by atoms with Crippen molar-refractivity contribution in [3.8, 4) is 5.75 Å². The highest BCUT2D eigenvalue weighted by atomic mass is 35.5. The third-order valence-electron chi connectivity index (χ3n) is 6.75. The minimum Gasteiger partial charge on any atom is -0.497 e. The van der Waals surface area contributed by atoms with Gasteiger partial charge in [0.15, 0.2) is 0 Å². The molecule has 2 fully saturated rings. The molecular formula is C23H32Cl2N4O3. The lowest BCUT2D eigenvalue weighted by Crippen LogP contribution is -2.33. The molecule has 1 amide bonds.